The third-order valence-corrected chi connectivity index (χ3v) is 5.47. The maximum atomic E-state index is 12.9. The van der Waals surface area contributed by atoms with Gasteiger partial charge in [0.15, 0.2) is 5.65 Å². The molecule has 0 aliphatic heterocycles. The second kappa shape index (κ2) is 10.4. The van der Waals surface area contributed by atoms with E-state index in [0.29, 0.717) is 12.1 Å². The summed E-state index contributed by atoms with van der Waals surface area (Å²) in [7, 11) is 0. The molecule has 29 heavy (non-hydrogen) atoms. The maximum absolute atomic E-state index is 12.9. The van der Waals surface area contributed by atoms with Gasteiger partial charge in [0.1, 0.15) is 0 Å². The number of carbonyl (C=O) groups is 1. The average molecular weight is 458 g/mol. The minimum absolute atomic E-state index is 0. The van der Waals surface area contributed by atoms with Crippen LogP contribution in [0.5, 0.6) is 0 Å². The third kappa shape index (κ3) is 5.48. The van der Waals surface area contributed by atoms with Crippen LogP contribution in [0.3, 0.4) is 0 Å². The Hall–Kier alpha value is -1.67. The van der Waals surface area contributed by atoms with Crippen molar-refractivity contribution < 1.29 is 4.79 Å². The minimum atomic E-state index is -0.114. The lowest BCUT2D eigenvalue weighted by atomic mass is 10.1. The van der Waals surface area contributed by atoms with Crippen molar-refractivity contribution in [2.24, 2.45) is 5.73 Å². The molecule has 0 bridgehead atoms. The predicted molar refractivity (Wildman–Crippen MR) is 126 cm³/mol. The summed E-state index contributed by atoms with van der Waals surface area (Å²) in [4.78, 5) is 20.2. The standard InChI is InChI=1S/C20H27N5OS.2ClH/c1-11(2)25-19-17(10-23-25)16(20(26)22-7-6-12(3)21)9-18(24-19)15-8-13(4)27-14(15)5;;/h8-12H,6-7,21H2,1-5H3,(H,22,26);2*1H. The Kier molecular flexibility index (Phi) is 9.09. The van der Waals surface area contributed by atoms with E-state index in [-0.39, 0.29) is 42.8 Å². The summed E-state index contributed by atoms with van der Waals surface area (Å²) in [6.07, 6.45) is 2.47. The number of fused-ring (bicyclic) bond motifs is 1. The van der Waals surface area contributed by atoms with Crippen LogP contribution in [-0.4, -0.2) is 33.3 Å². The van der Waals surface area contributed by atoms with E-state index in [2.05, 4.69) is 44.2 Å². The van der Waals surface area contributed by atoms with Gasteiger partial charge in [-0.3, -0.25) is 4.79 Å². The van der Waals surface area contributed by atoms with E-state index in [1.54, 1.807) is 17.5 Å². The molecule has 0 saturated carbocycles. The van der Waals surface area contributed by atoms with E-state index in [1.807, 2.05) is 17.7 Å². The van der Waals surface area contributed by atoms with Gasteiger partial charge in [0.2, 0.25) is 0 Å². The average Bonchev–Trinajstić information content (AvgIpc) is 3.16. The van der Waals surface area contributed by atoms with Gasteiger partial charge in [-0.05, 0) is 53.2 Å². The van der Waals surface area contributed by atoms with Gasteiger partial charge >= 0.3 is 0 Å². The van der Waals surface area contributed by atoms with Gasteiger partial charge in [0.05, 0.1) is 22.8 Å². The number of nitrogens with two attached hydrogens (primary N) is 1. The molecule has 3 rings (SSSR count). The van der Waals surface area contributed by atoms with Gasteiger partial charge in [0.25, 0.3) is 5.91 Å². The Balaban J connectivity index is 0.00000210. The number of aryl methyl sites for hydroxylation is 2. The molecular weight excluding hydrogens is 429 g/mol. The number of thiophene rings is 1. The topological polar surface area (TPSA) is 85.8 Å². The number of carbonyl (C=O) groups excluding carboxylic acids is 1. The summed E-state index contributed by atoms with van der Waals surface area (Å²) >= 11 is 1.74. The van der Waals surface area contributed by atoms with Crippen LogP contribution in [0.25, 0.3) is 22.3 Å². The summed E-state index contributed by atoms with van der Waals surface area (Å²) in [5, 5.41) is 8.22. The van der Waals surface area contributed by atoms with Crippen molar-refractivity contribution in [1.82, 2.24) is 20.1 Å². The summed E-state index contributed by atoms with van der Waals surface area (Å²) in [6.45, 7) is 10.8. The van der Waals surface area contributed by atoms with Crippen LogP contribution < -0.4 is 11.1 Å². The van der Waals surface area contributed by atoms with Crippen LogP contribution in [0.1, 0.15) is 53.3 Å². The molecule has 0 saturated heterocycles. The smallest absolute Gasteiger partial charge is 0.252 e. The molecular formula is C20H29Cl2N5OS. The molecule has 0 aromatic carbocycles. The second-order valence-electron chi connectivity index (χ2n) is 7.32. The van der Waals surface area contributed by atoms with Crippen LogP contribution in [0.15, 0.2) is 18.3 Å². The first-order valence-corrected chi connectivity index (χ1v) is 10.1. The summed E-state index contributed by atoms with van der Waals surface area (Å²) in [6, 6.07) is 4.22. The number of nitrogens with zero attached hydrogens (tertiary/aromatic N) is 3. The van der Waals surface area contributed by atoms with Crippen molar-refractivity contribution in [2.45, 2.75) is 53.1 Å². The van der Waals surface area contributed by atoms with Gasteiger partial charge in [-0.15, -0.1) is 36.2 Å². The molecule has 0 spiro atoms. The lowest BCUT2D eigenvalue weighted by Gasteiger charge is -2.11. The normalized spacial score (nSPS) is 11.8. The molecule has 3 N–H and O–H groups in total. The lowest BCUT2D eigenvalue weighted by Crippen LogP contribution is -2.29. The fourth-order valence-electron chi connectivity index (χ4n) is 3.12. The van der Waals surface area contributed by atoms with Crippen LogP contribution >= 0.6 is 36.2 Å². The summed E-state index contributed by atoms with van der Waals surface area (Å²) in [5.74, 6) is -0.114. The number of hydrogen-bond acceptors (Lipinski definition) is 5. The van der Waals surface area contributed by atoms with Crippen molar-refractivity contribution in [3.8, 4) is 11.3 Å². The van der Waals surface area contributed by atoms with Crippen molar-refractivity contribution in [3.05, 3.63) is 33.6 Å². The Morgan fingerprint density at radius 2 is 1.93 bits per heavy atom. The van der Waals surface area contributed by atoms with Crippen LogP contribution in [0, 0.1) is 13.8 Å². The summed E-state index contributed by atoms with van der Waals surface area (Å²) in [5.41, 5.74) is 9.01. The Morgan fingerprint density at radius 3 is 2.48 bits per heavy atom. The number of pyridine rings is 1. The third-order valence-electron chi connectivity index (χ3n) is 4.50. The Labute approximate surface area is 188 Å². The van der Waals surface area contributed by atoms with Crippen molar-refractivity contribution >= 4 is 53.1 Å². The van der Waals surface area contributed by atoms with E-state index in [9.17, 15) is 4.79 Å². The first-order chi connectivity index (χ1) is 12.8. The molecule has 0 fully saturated rings. The zero-order valence-electron chi connectivity index (χ0n) is 17.4. The highest BCUT2D eigenvalue weighted by Gasteiger charge is 2.19. The Morgan fingerprint density at radius 1 is 1.24 bits per heavy atom. The number of halogens is 2. The summed E-state index contributed by atoms with van der Waals surface area (Å²) < 4.78 is 1.87. The molecule has 1 unspecified atom stereocenters. The van der Waals surface area contributed by atoms with E-state index in [1.165, 1.54) is 9.75 Å². The van der Waals surface area contributed by atoms with Gasteiger partial charge in [0, 0.05) is 33.9 Å². The monoisotopic (exact) mass is 457 g/mol. The molecule has 6 nitrogen and oxygen atoms in total. The molecule has 0 aliphatic rings. The van der Waals surface area contributed by atoms with Crippen LogP contribution in [0.2, 0.25) is 0 Å². The van der Waals surface area contributed by atoms with E-state index >= 15 is 0 Å². The highest BCUT2D eigenvalue weighted by molar-refractivity contribution is 7.12. The highest BCUT2D eigenvalue weighted by Crippen LogP contribution is 2.32. The highest BCUT2D eigenvalue weighted by atomic mass is 35.5. The van der Waals surface area contributed by atoms with Gasteiger partial charge in [-0.2, -0.15) is 5.10 Å². The molecule has 1 amide bonds. The number of hydrogen-bond donors (Lipinski definition) is 2. The minimum Gasteiger partial charge on any atom is -0.352 e. The molecule has 3 aromatic heterocycles. The van der Waals surface area contributed by atoms with Crippen LogP contribution in [-0.2, 0) is 0 Å². The van der Waals surface area contributed by atoms with Crippen molar-refractivity contribution in [3.63, 3.8) is 0 Å². The quantitative estimate of drug-likeness (QED) is 0.562. The second-order valence-corrected chi connectivity index (χ2v) is 8.78. The molecule has 160 valence electrons. The van der Waals surface area contributed by atoms with Gasteiger partial charge < -0.3 is 11.1 Å². The molecule has 3 aromatic rings. The molecule has 1 atom stereocenters. The van der Waals surface area contributed by atoms with Crippen LogP contribution in [0.4, 0.5) is 0 Å². The predicted octanol–water partition coefficient (Wildman–Crippen LogP) is 4.67. The number of amides is 1. The van der Waals surface area contributed by atoms with E-state index < -0.39 is 0 Å². The molecule has 3 heterocycles. The zero-order chi connectivity index (χ0) is 19.7. The van der Waals surface area contributed by atoms with E-state index in [4.69, 9.17) is 10.7 Å². The SMILES string of the molecule is Cc1cc(-c2cc(C(=O)NCCC(C)N)c3cnn(C(C)C)c3n2)c(C)s1.Cl.Cl. The number of rotatable bonds is 6. The largest absolute Gasteiger partial charge is 0.352 e. The number of aromatic nitrogens is 3. The maximum Gasteiger partial charge on any atom is 0.252 e. The zero-order valence-corrected chi connectivity index (χ0v) is 19.8. The first-order valence-electron chi connectivity index (χ1n) is 9.27. The fourth-order valence-corrected chi connectivity index (χ4v) is 4.05. The van der Waals surface area contributed by atoms with Crippen molar-refractivity contribution in [1.29, 1.82) is 0 Å². The fraction of sp³-hybridized carbons (Fsp3) is 0.450. The molecule has 9 heteroatoms. The number of nitrogens with one attached hydrogen (secondary N) is 1. The van der Waals surface area contributed by atoms with E-state index in [0.717, 1.165) is 28.7 Å². The lowest BCUT2D eigenvalue weighted by molar-refractivity contribution is 0.0954. The molecule has 0 aliphatic carbocycles. The van der Waals surface area contributed by atoms with Crippen molar-refractivity contribution in [2.75, 3.05) is 6.54 Å². The van der Waals surface area contributed by atoms with Gasteiger partial charge in [-0.1, -0.05) is 0 Å². The Bertz CT molecular complexity index is 981. The first kappa shape index (κ1) is 25.4. The molecule has 0 radical (unpaired) electrons. The van der Waals surface area contributed by atoms with Gasteiger partial charge in [-0.25, -0.2) is 9.67 Å².